The van der Waals surface area contributed by atoms with Gasteiger partial charge < -0.3 is 5.32 Å². The molecule has 0 unspecified atom stereocenters. The second kappa shape index (κ2) is 7.37. The van der Waals surface area contributed by atoms with E-state index in [-0.39, 0.29) is 0 Å². The third-order valence-electron chi connectivity index (χ3n) is 2.76. The van der Waals surface area contributed by atoms with E-state index >= 15 is 0 Å². The summed E-state index contributed by atoms with van der Waals surface area (Å²) in [5, 5.41) is 3.42. The molecule has 1 heteroatoms. The van der Waals surface area contributed by atoms with E-state index in [4.69, 9.17) is 0 Å². The zero-order chi connectivity index (χ0) is 9.36. The molecule has 13 heavy (non-hydrogen) atoms. The molecule has 2 aliphatic carbocycles. The Morgan fingerprint density at radius 2 is 1.46 bits per heavy atom. The molecule has 0 aromatic heterocycles. The maximum atomic E-state index is 3.42. The molecule has 0 spiro atoms. The van der Waals surface area contributed by atoms with Gasteiger partial charge in [0.2, 0.25) is 0 Å². The highest BCUT2D eigenvalue weighted by Gasteiger charge is 2.11. The van der Waals surface area contributed by atoms with E-state index in [0.29, 0.717) is 0 Å². The van der Waals surface area contributed by atoms with Crippen molar-refractivity contribution in [2.45, 2.75) is 58.3 Å². The van der Waals surface area contributed by atoms with Gasteiger partial charge in [0.1, 0.15) is 0 Å². The molecule has 2 fully saturated rings. The van der Waals surface area contributed by atoms with Crippen LogP contribution < -0.4 is 5.32 Å². The van der Waals surface area contributed by atoms with Crippen molar-refractivity contribution in [1.82, 2.24) is 5.32 Å². The third-order valence-corrected chi connectivity index (χ3v) is 2.76. The Balaban J connectivity index is 0.000000236. The standard InChI is InChI=1S/C9H19N.C3H6/c1-2-10-8-9-6-4-3-5-7-9;1-2-3-1/h9-10H,2-8H2,1H3;1-3H2. The molecule has 0 atom stereocenters. The van der Waals surface area contributed by atoms with E-state index < -0.39 is 0 Å². The summed E-state index contributed by atoms with van der Waals surface area (Å²) in [5.74, 6) is 0.994. The van der Waals surface area contributed by atoms with Crippen LogP contribution in [-0.4, -0.2) is 13.1 Å². The van der Waals surface area contributed by atoms with E-state index in [1.54, 1.807) is 0 Å². The van der Waals surface area contributed by atoms with E-state index in [1.807, 2.05) is 0 Å². The molecule has 0 aromatic carbocycles. The first-order valence-electron chi connectivity index (χ1n) is 6.14. The summed E-state index contributed by atoms with van der Waals surface area (Å²) < 4.78 is 0. The van der Waals surface area contributed by atoms with Crippen LogP contribution in [-0.2, 0) is 0 Å². The van der Waals surface area contributed by atoms with Crippen LogP contribution in [0.3, 0.4) is 0 Å². The summed E-state index contributed by atoms with van der Waals surface area (Å²) in [4.78, 5) is 0. The molecule has 2 aliphatic rings. The first-order chi connectivity index (χ1) is 6.43. The molecule has 0 heterocycles. The molecule has 1 nitrogen and oxygen atoms in total. The molecule has 0 radical (unpaired) electrons. The number of hydrogen-bond acceptors (Lipinski definition) is 1. The minimum absolute atomic E-state index is 0.994. The summed E-state index contributed by atoms with van der Waals surface area (Å²) in [6, 6.07) is 0. The van der Waals surface area contributed by atoms with Crippen LogP contribution in [0.5, 0.6) is 0 Å². The fraction of sp³-hybridized carbons (Fsp3) is 1.00. The fourth-order valence-electron chi connectivity index (χ4n) is 1.74. The smallest absolute Gasteiger partial charge is 0.00206 e. The summed E-state index contributed by atoms with van der Waals surface area (Å²) in [6.45, 7) is 4.58. The molecular formula is C12H25N. The number of nitrogens with one attached hydrogen (secondary N) is 1. The van der Waals surface area contributed by atoms with Crippen LogP contribution >= 0.6 is 0 Å². The first kappa shape index (κ1) is 11.0. The quantitative estimate of drug-likeness (QED) is 0.707. The van der Waals surface area contributed by atoms with Crippen molar-refractivity contribution >= 4 is 0 Å². The second-order valence-corrected chi connectivity index (χ2v) is 4.37. The lowest BCUT2D eigenvalue weighted by Crippen LogP contribution is -2.23. The van der Waals surface area contributed by atoms with Crippen molar-refractivity contribution in [2.75, 3.05) is 13.1 Å². The molecule has 0 aliphatic heterocycles. The van der Waals surface area contributed by atoms with Crippen molar-refractivity contribution in [3.05, 3.63) is 0 Å². The Bertz CT molecular complexity index is 101. The van der Waals surface area contributed by atoms with E-state index in [9.17, 15) is 0 Å². The normalized spacial score (nSPS) is 21.9. The predicted molar refractivity (Wildman–Crippen MR) is 59.0 cm³/mol. The highest BCUT2D eigenvalue weighted by atomic mass is 14.8. The highest BCUT2D eigenvalue weighted by Crippen LogP contribution is 2.22. The fourth-order valence-corrected chi connectivity index (χ4v) is 1.74. The van der Waals surface area contributed by atoms with Crippen molar-refractivity contribution in [3.8, 4) is 0 Å². The van der Waals surface area contributed by atoms with E-state index in [1.165, 1.54) is 57.9 Å². The molecule has 78 valence electrons. The zero-order valence-corrected chi connectivity index (χ0v) is 9.15. The van der Waals surface area contributed by atoms with E-state index in [0.717, 1.165) is 12.5 Å². The van der Waals surface area contributed by atoms with Gasteiger partial charge in [-0.25, -0.2) is 0 Å². The topological polar surface area (TPSA) is 12.0 Å². The molecule has 1 N–H and O–H groups in total. The van der Waals surface area contributed by atoms with Gasteiger partial charge in [0.05, 0.1) is 0 Å². The van der Waals surface area contributed by atoms with Gasteiger partial charge in [-0.1, -0.05) is 45.4 Å². The maximum Gasteiger partial charge on any atom is -0.00206 e. The van der Waals surface area contributed by atoms with Crippen LogP contribution in [0, 0.1) is 5.92 Å². The molecule has 2 saturated carbocycles. The Morgan fingerprint density at radius 3 is 1.92 bits per heavy atom. The van der Waals surface area contributed by atoms with Crippen molar-refractivity contribution in [3.63, 3.8) is 0 Å². The molecule has 2 rings (SSSR count). The van der Waals surface area contributed by atoms with Crippen molar-refractivity contribution in [2.24, 2.45) is 5.92 Å². The van der Waals surface area contributed by atoms with Crippen LogP contribution in [0.4, 0.5) is 0 Å². The minimum atomic E-state index is 0.994. The third kappa shape index (κ3) is 7.06. The van der Waals surface area contributed by atoms with Crippen LogP contribution in [0.15, 0.2) is 0 Å². The van der Waals surface area contributed by atoms with Crippen LogP contribution in [0.1, 0.15) is 58.3 Å². The lowest BCUT2D eigenvalue weighted by Gasteiger charge is -2.21. The Labute approximate surface area is 83.3 Å². The van der Waals surface area contributed by atoms with Gasteiger partial charge in [-0.3, -0.25) is 0 Å². The molecular weight excluding hydrogens is 158 g/mol. The monoisotopic (exact) mass is 183 g/mol. The lowest BCUT2D eigenvalue weighted by atomic mass is 9.89. The van der Waals surface area contributed by atoms with Crippen molar-refractivity contribution < 1.29 is 0 Å². The maximum absolute atomic E-state index is 3.42. The van der Waals surface area contributed by atoms with Crippen LogP contribution in [0.2, 0.25) is 0 Å². The van der Waals surface area contributed by atoms with Gasteiger partial charge in [-0.15, -0.1) is 0 Å². The SMILES string of the molecule is C1CC1.CCNCC1CCCCC1. The first-order valence-corrected chi connectivity index (χ1v) is 6.14. The van der Waals surface area contributed by atoms with Gasteiger partial charge in [-0.05, 0) is 31.8 Å². The summed E-state index contributed by atoms with van der Waals surface area (Å²) >= 11 is 0. The molecule has 0 aromatic rings. The van der Waals surface area contributed by atoms with Gasteiger partial charge in [0, 0.05) is 0 Å². The van der Waals surface area contributed by atoms with Gasteiger partial charge in [0.15, 0.2) is 0 Å². The summed E-state index contributed by atoms with van der Waals surface area (Å²) in [6.07, 6.45) is 11.8. The summed E-state index contributed by atoms with van der Waals surface area (Å²) in [5.41, 5.74) is 0. The van der Waals surface area contributed by atoms with Gasteiger partial charge >= 0.3 is 0 Å². The molecule has 0 saturated heterocycles. The average Bonchev–Trinajstić information content (AvgIpc) is 3.03. The average molecular weight is 183 g/mol. The Morgan fingerprint density at radius 1 is 0.923 bits per heavy atom. The van der Waals surface area contributed by atoms with Crippen LogP contribution in [0.25, 0.3) is 0 Å². The van der Waals surface area contributed by atoms with Gasteiger partial charge in [-0.2, -0.15) is 0 Å². The minimum Gasteiger partial charge on any atom is -0.317 e. The highest BCUT2D eigenvalue weighted by molar-refractivity contribution is 4.67. The Hall–Kier alpha value is -0.0400. The number of hydrogen-bond donors (Lipinski definition) is 1. The summed E-state index contributed by atoms with van der Waals surface area (Å²) in [7, 11) is 0. The Kier molecular flexibility index (Phi) is 6.26. The second-order valence-electron chi connectivity index (χ2n) is 4.37. The zero-order valence-electron chi connectivity index (χ0n) is 9.15. The van der Waals surface area contributed by atoms with Gasteiger partial charge in [0.25, 0.3) is 0 Å². The van der Waals surface area contributed by atoms with E-state index in [2.05, 4.69) is 12.2 Å². The number of rotatable bonds is 3. The van der Waals surface area contributed by atoms with Crippen molar-refractivity contribution in [1.29, 1.82) is 0 Å². The largest absolute Gasteiger partial charge is 0.317 e. The molecule has 0 amide bonds. The lowest BCUT2D eigenvalue weighted by molar-refractivity contribution is 0.345. The molecule has 0 bridgehead atoms. The predicted octanol–water partition coefficient (Wildman–Crippen LogP) is 3.35.